The van der Waals surface area contributed by atoms with Crippen molar-refractivity contribution in [1.29, 1.82) is 0 Å². The van der Waals surface area contributed by atoms with Gasteiger partial charge >= 0.3 is 0 Å². The van der Waals surface area contributed by atoms with Gasteiger partial charge in [-0.05, 0) is 12.7 Å². The third kappa shape index (κ3) is 2.82. The predicted octanol–water partition coefficient (Wildman–Crippen LogP) is 0.964. The first-order chi connectivity index (χ1) is 7.01. The molecule has 0 radical (unpaired) electrons. The van der Waals surface area contributed by atoms with Crippen LogP contribution in [0.4, 0.5) is 5.82 Å². The smallest absolute Gasteiger partial charge is 0.189 e. The zero-order chi connectivity index (χ0) is 11.5. The number of anilines is 1. The summed E-state index contributed by atoms with van der Waals surface area (Å²) in [6.07, 6.45) is 3.63. The van der Waals surface area contributed by atoms with Crippen molar-refractivity contribution in [2.75, 3.05) is 17.7 Å². The highest BCUT2D eigenvalue weighted by molar-refractivity contribution is 7.98. The van der Waals surface area contributed by atoms with Crippen LogP contribution >= 0.6 is 11.8 Å². The monoisotopic (exact) mass is 247 g/mol. The van der Waals surface area contributed by atoms with Crippen molar-refractivity contribution in [1.82, 2.24) is 9.97 Å². The number of sulfone groups is 1. The Bertz CT molecular complexity index is 445. The quantitative estimate of drug-likeness (QED) is 0.630. The number of nitrogen functional groups attached to an aromatic ring is 1. The van der Waals surface area contributed by atoms with Gasteiger partial charge in [-0.2, -0.15) is 0 Å². The zero-order valence-corrected chi connectivity index (χ0v) is 10.2. The summed E-state index contributed by atoms with van der Waals surface area (Å²) in [7, 11) is -3.33. The summed E-state index contributed by atoms with van der Waals surface area (Å²) in [6.45, 7) is 1.80. The standard InChI is InChI=1S/C8H13N3O2S2/c1-3-4-15(12,13)6-5-10-8(14-2)11-7(6)9/h5H,3-4H2,1-2H3,(H2,9,10,11). The molecule has 0 aliphatic rings. The lowest BCUT2D eigenvalue weighted by Crippen LogP contribution is -2.11. The van der Waals surface area contributed by atoms with Gasteiger partial charge in [-0.25, -0.2) is 18.4 Å². The first kappa shape index (κ1) is 12.3. The van der Waals surface area contributed by atoms with Crippen LogP contribution in [0, 0.1) is 0 Å². The normalized spacial score (nSPS) is 11.6. The molecule has 0 aliphatic carbocycles. The number of aromatic nitrogens is 2. The van der Waals surface area contributed by atoms with Gasteiger partial charge in [-0.15, -0.1) is 0 Å². The number of thioether (sulfide) groups is 1. The largest absolute Gasteiger partial charge is 0.382 e. The fourth-order valence-electron chi connectivity index (χ4n) is 1.08. The third-order valence-corrected chi connectivity index (χ3v) is 4.24. The molecule has 2 N–H and O–H groups in total. The Morgan fingerprint density at radius 1 is 1.53 bits per heavy atom. The van der Waals surface area contributed by atoms with Crippen LogP contribution in [-0.2, 0) is 9.84 Å². The molecule has 0 amide bonds. The second kappa shape index (κ2) is 4.80. The molecule has 0 spiro atoms. The van der Waals surface area contributed by atoms with Gasteiger partial charge in [-0.3, -0.25) is 0 Å². The van der Waals surface area contributed by atoms with Crippen LogP contribution in [0.3, 0.4) is 0 Å². The molecule has 0 bridgehead atoms. The van der Waals surface area contributed by atoms with E-state index >= 15 is 0 Å². The zero-order valence-electron chi connectivity index (χ0n) is 8.60. The molecule has 0 unspecified atom stereocenters. The Morgan fingerprint density at radius 3 is 2.67 bits per heavy atom. The molecule has 1 rings (SSSR count). The SMILES string of the molecule is CCCS(=O)(=O)c1cnc(SC)nc1N. The molecule has 0 saturated carbocycles. The Balaban J connectivity index is 3.16. The fourth-order valence-corrected chi connectivity index (χ4v) is 2.77. The molecule has 0 aromatic carbocycles. The molecule has 1 heterocycles. The van der Waals surface area contributed by atoms with Crippen LogP contribution in [0.15, 0.2) is 16.2 Å². The van der Waals surface area contributed by atoms with Crippen LogP contribution in [0.1, 0.15) is 13.3 Å². The second-order valence-electron chi connectivity index (χ2n) is 2.93. The van der Waals surface area contributed by atoms with Gasteiger partial charge in [0, 0.05) is 0 Å². The summed E-state index contributed by atoms with van der Waals surface area (Å²) in [5.74, 6) is 0.0990. The molecular weight excluding hydrogens is 234 g/mol. The summed E-state index contributed by atoms with van der Waals surface area (Å²) in [4.78, 5) is 7.82. The number of hydrogen-bond donors (Lipinski definition) is 1. The van der Waals surface area contributed by atoms with Crippen LogP contribution < -0.4 is 5.73 Å². The van der Waals surface area contributed by atoms with Crippen molar-refractivity contribution in [3.63, 3.8) is 0 Å². The molecule has 1 aromatic heterocycles. The lowest BCUT2D eigenvalue weighted by molar-refractivity contribution is 0.594. The Hall–Kier alpha value is -0.820. The third-order valence-electron chi connectivity index (χ3n) is 1.75. The van der Waals surface area contributed by atoms with Gasteiger partial charge < -0.3 is 5.73 Å². The van der Waals surface area contributed by atoms with Crippen LogP contribution in [0.2, 0.25) is 0 Å². The molecule has 0 fully saturated rings. The summed E-state index contributed by atoms with van der Waals surface area (Å²) in [5, 5.41) is 0.475. The Labute approximate surface area is 93.4 Å². The van der Waals surface area contributed by atoms with Gasteiger partial charge in [-0.1, -0.05) is 18.7 Å². The average Bonchev–Trinajstić information content (AvgIpc) is 2.17. The van der Waals surface area contributed by atoms with Gasteiger partial charge in [0.1, 0.15) is 10.7 Å². The predicted molar refractivity (Wildman–Crippen MR) is 60.6 cm³/mol. The van der Waals surface area contributed by atoms with Crippen molar-refractivity contribution in [3.05, 3.63) is 6.20 Å². The van der Waals surface area contributed by atoms with Crippen molar-refractivity contribution < 1.29 is 8.42 Å². The van der Waals surface area contributed by atoms with E-state index in [1.165, 1.54) is 18.0 Å². The maximum absolute atomic E-state index is 11.7. The summed E-state index contributed by atoms with van der Waals surface area (Å²) >= 11 is 1.32. The maximum Gasteiger partial charge on any atom is 0.189 e. The Kier molecular flexibility index (Phi) is 3.92. The average molecular weight is 247 g/mol. The number of nitrogens with zero attached hydrogens (tertiary/aromatic N) is 2. The summed E-state index contributed by atoms with van der Waals surface area (Å²) < 4.78 is 23.4. The van der Waals surface area contributed by atoms with Gasteiger partial charge in [0.2, 0.25) is 0 Å². The van der Waals surface area contributed by atoms with Crippen LogP contribution in [0.5, 0.6) is 0 Å². The molecule has 0 saturated heterocycles. The molecule has 1 aromatic rings. The van der Waals surface area contributed by atoms with Gasteiger partial charge in [0.05, 0.1) is 11.9 Å². The van der Waals surface area contributed by atoms with E-state index in [0.29, 0.717) is 11.6 Å². The van der Waals surface area contributed by atoms with E-state index in [4.69, 9.17) is 5.73 Å². The first-order valence-electron chi connectivity index (χ1n) is 4.40. The van der Waals surface area contributed by atoms with Crippen molar-refractivity contribution in [3.8, 4) is 0 Å². The van der Waals surface area contributed by atoms with Crippen molar-refractivity contribution in [2.24, 2.45) is 0 Å². The maximum atomic E-state index is 11.7. The van der Waals surface area contributed by atoms with E-state index in [-0.39, 0.29) is 16.5 Å². The minimum absolute atomic E-state index is 0.0298. The summed E-state index contributed by atoms with van der Waals surface area (Å²) in [5.41, 5.74) is 5.57. The van der Waals surface area contributed by atoms with Gasteiger partial charge in [0.25, 0.3) is 0 Å². The molecule has 0 aliphatic heterocycles. The molecule has 5 nitrogen and oxygen atoms in total. The molecule has 15 heavy (non-hydrogen) atoms. The van der Waals surface area contributed by atoms with Crippen LogP contribution in [0.25, 0.3) is 0 Å². The molecule has 7 heteroatoms. The lowest BCUT2D eigenvalue weighted by Gasteiger charge is -2.05. The minimum atomic E-state index is -3.33. The second-order valence-corrected chi connectivity index (χ2v) is 5.78. The molecular formula is C8H13N3O2S2. The Morgan fingerprint density at radius 2 is 2.20 bits per heavy atom. The van der Waals surface area contributed by atoms with Crippen LogP contribution in [-0.4, -0.2) is 30.4 Å². The highest BCUT2D eigenvalue weighted by Gasteiger charge is 2.18. The summed E-state index contributed by atoms with van der Waals surface area (Å²) in [6, 6.07) is 0. The van der Waals surface area contributed by atoms with E-state index in [1.54, 1.807) is 13.2 Å². The molecule has 0 atom stereocenters. The van der Waals surface area contributed by atoms with E-state index in [9.17, 15) is 8.42 Å². The lowest BCUT2D eigenvalue weighted by atomic mass is 10.6. The number of hydrogen-bond acceptors (Lipinski definition) is 6. The number of nitrogens with two attached hydrogens (primary N) is 1. The molecule has 84 valence electrons. The van der Waals surface area contributed by atoms with Gasteiger partial charge in [0.15, 0.2) is 15.0 Å². The van der Waals surface area contributed by atoms with Crippen molar-refractivity contribution in [2.45, 2.75) is 23.4 Å². The van der Waals surface area contributed by atoms with Crippen molar-refractivity contribution >= 4 is 27.4 Å². The highest BCUT2D eigenvalue weighted by Crippen LogP contribution is 2.19. The topological polar surface area (TPSA) is 85.9 Å². The van der Waals surface area contributed by atoms with E-state index < -0.39 is 9.84 Å². The van der Waals surface area contributed by atoms with E-state index in [0.717, 1.165) is 0 Å². The van der Waals surface area contributed by atoms with E-state index in [1.807, 2.05) is 0 Å². The van der Waals surface area contributed by atoms with E-state index in [2.05, 4.69) is 9.97 Å². The number of rotatable bonds is 4. The highest BCUT2D eigenvalue weighted by atomic mass is 32.2. The fraction of sp³-hybridized carbons (Fsp3) is 0.500. The first-order valence-corrected chi connectivity index (χ1v) is 7.28. The minimum Gasteiger partial charge on any atom is -0.382 e.